The second-order valence-electron chi connectivity index (χ2n) is 5.02. The normalized spacial score (nSPS) is 11.3. The third-order valence-corrected chi connectivity index (χ3v) is 3.12. The molecule has 0 atom stereocenters. The van der Waals surface area contributed by atoms with Crippen LogP contribution in [-0.4, -0.2) is 31.6 Å². The molecule has 0 unspecified atom stereocenters. The van der Waals surface area contributed by atoms with Crippen molar-refractivity contribution in [3.63, 3.8) is 0 Å². The zero-order valence-corrected chi connectivity index (χ0v) is 12.2. The summed E-state index contributed by atoms with van der Waals surface area (Å²) in [6, 6.07) is 4.10. The van der Waals surface area contributed by atoms with Crippen LogP contribution >= 0.6 is 0 Å². The van der Waals surface area contributed by atoms with E-state index in [-0.39, 0.29) is 0 Å². The van der Waals surface area contributed by atoms with Crippen molar-refractivity contribution in [3.8, 4) is 0 Å². The van der Waals surface area contributed by atoms with Crippen molar-refractivity contribution >= 4 is 0 Å². The number of nitrogens with zero attached hydrogens (tertiary/aromatic N) is 1. The zero-order chi connectivity index (χ0) is 13.2. The van der Waals surface area contributed by atoms with Crippen LogP contribution in [0, 0.1) is 6.92 Å². The van der Waals surface area contributed by atoms with E-state index in [2.05, 4.69) is 30.3 Å². The minimum absolute atomic E-state index is 0.922. The second-order valence-corrected chi connectivity index (χ2v) is 5.02. The molecular weight excluding hydrogens is 224 g/mol. The number of furan rings is 1. The van der Waals surface area contributed by atoms with Gasteiger partial charge in [-0.2, -0.15) is 0 Å². The van der Waals surface area contributed by atoms with E-state index in [9.17, 15) is 0 Å². The largest absolute Gasteiger partial charge is 0.465 e. The molecule has 0 spiro atoms. The molecule has 0 aliphatic heterocycles. The maximum Gasteiger partial charge on any atom is 0.118 e. The van der Waals surface area contributed by atoms with Gasteiger partial charge in [0.2, 0.25) is 0 Å². The fourth-order valence-electron chi connectivity index (χ4n) is 2.08. The van der Waals surface area contributed by atoms with E-state index < -0.39 is 0 Å². The van der Waals surface area contributed by atoms with Gasteiger partial charge in [0.15, 0.2) is 0 Å². The Bertz CT molecular complexity index is 309. The molecule has 18 heavy (non-hydrogen) atoms. The van der Waals surface area contributed by atoms with Gasteiger partial charge in [-0.25, -0.2) is 0 Å². The van der Waals surface area contributed by atoms with E-state index in [0.29, 0.717) is 0 Å². The van der Waals surface area contributed by atoms with Crippen molar-refractivity contribution in [2.24, 2.45) is 0 Å². The standard InChI is InChI=1S/C15H28N2O/c1-4-16-11-7-5-6-8-12-17(3)13-15-10-9-14(2)18-15/h9-10,16H,4-8,11-13H2,1-3H3. The molecule has 1 aromatic heterocycles. The molecular formula is C15H28N2O. The molecule has 0 saturated carbocycles. The molecule has 0 aliphatic carbocycles. The Morgan fingerprint density at radius 3 is 2.61 bits per heavy atom. The predicted molar refractivity (Wildman–Crippen MR) is 76.8 cm³/mol. The van der Waals surface area contributed by atoms with E-state index in [1.165, 1.54) is 25.7 Å². The Balaban J connectivity index is 1.98. The van der Waals surface area contributed by atoms with Crippen LogP contribution in [0.4, 0.5) is 0 Å². The summed E-state index contributed by atoms with van der Waals surface area (Å²) in [4.78, 5) is 2.34. The number of rotatable bonds is 10. The molecule has 1 aromatic rings. The summed E-state index contributed by atoms with van der Waals surface area (Å²) in [5.74, 6) is 2.07. The molecule has 1 N–H and O–H groups in total. The fourth-order valence-corrected chi connectivity index (χ4v) is 2.08. The quantitative estimate of drug-likeness (QED) is 0.648. The molecule has 104 valence electrons. The molecule has 3 nitrogen and oxygen atoms in total. The van der Waals surface area contributed by atoms with Crippen LogP contribution in [0.3, 0.4) is 0 Å². The van der Waals surface area contributed by atoms with Gasteiger partial charge in [-0.15, -0.1) is 0 Å². The highest BCUT2D eigenvalue weighted by molar-refractivity contribution is 5.05. The highest BCUT2D eigenvalue weighted by Crippen LogP contribution is 2.09. The lowest BCUT2D eigenvalue weighted by atomic mass is 10.2. The van der Waals surface area contributed by atoms with Crippen LogP contribution in [0.5, 0.6) is 0 Å². The van der Waals surface area contributed by atoms with E-state index in [1.54, 1.807) is 0 Å². The lowest BCUT2D eigenvalue weighted by Gasteiger charge is -2.14. The van der Waals surface area contributed by atoms with Gasteiger partial charge in [-0.05, 0) is 58.6 Å². The summed E-state index contributed by atoms with van der Waals surface area (Å²) < 4.78 is 5.58. The van der Waals surface area contributed by atoms with Crippen molar-refractivity contribution in [1.29, 1.82) is 0 Å². The van der Waals surface area contributed by atoms with Crippen LogP contribution in [0.25, 0.3) is 0 Å². The fraction of sp³-hybridized carbons (Fsp3) is 0.733. The summed E-state index contributed by atoms with van der Waals surface area (Å²) in [6.45, 7) is 8.48. The minimum atomic E-state index is 0.922. The van der Waals surface area contributed by atoms with E-state index in [4.69, 9.17) is 4.42 Å². The first-order chi connectivity index (χ1) is 8.72. The van der Waals surface area contributed by atoms with Crippen LogP contribution < -0.4 is 5.32 Å². The Morgan fingerprint density at radius 1 is 1.17 bits per heavy atom. The average molecular weight is 252 g/mol. The zero-order valence-electron chi connectivity index (χ0n) is 12.2. The molecule has 0 radical (unpaired) electrons. The molecule has 0 fully saturated rings. The molecule has 0 bridgehead atoms. The first-order valence-electron chi connectivity index (χ1n) is 7.17. The van der Waals surface area contributed by atoms with Gasteiger partial charge in [0.1, 0.15) is 11.5 Å². The lowest BCUT2D eigenvalue weighted by molar-refractivity contribution is 0.285. The molecule has 0 aliphatic rings. The predicted octanol–water partition coefficient (Wildman–Crippen LogP) is 3.19. The summed E-state index contributed by atoms with van der Waals surface area (Å²) in [7, 11) is 2.16. The minimum Gasteiger partial charge on any atom is -0.465 e. The Morgan fingerprint density at radius 2 is 1.94 bits per heavy atom. The van der Waals surface area contributed by atoms with Crippen LogP contribution in [0.1, 0.15) is 44.1 Å². The molecule has 0 amide bonds. The van der Waals surface area contributed by atoms with Crippen LogP contribution in [-0.2, 0) is 6.54 Å². The van der Waals surface area contributed by atoms with Gasteiger partial charge < -0.3 is 9.73 Å². The topological polar surface area (TPSA) is 28.4 Å². The Kier molecular flexibility index (Phi) is 7.78. The summed E-state index contributed by atoms with van der Waals surface area (Å²) in [5, 5.41) is 3.36. The van der Waals surface area contributed by atoms with E-state index >= 15 is 0 Å². The smallest absolute Gasteiger partial charge is 0.118 e. The van der Waals surface area contributed by atoms with E-state index in [0.717, 1.165) is 37.7 Å². The molecule has 0 saturated heterocycles. The number of aryl methyl sites for hydroxylation is 1. The third kappa shape index (κ3) is 6.82. The number of nitrogens with one attached hydrogen (secondary N) is 1. The Hall–Kier alpha value is -0.800. The van der Waals surface area contributed by atoms with Gasteiger partial charge >= 0.3 is 0 Å². The highest BCUT2D eigenvalue weighted by atomic mass is 16.3. The number of unbranched alkanes of at least 4 members (excludes halogenated alkanes) is 3. The van der Waals surface area contributed by atoms with Crippen molar-refractivity contribution < 1.29 is 4.42 Å². The summed E-state index contributed by atoms with van der Waals surface area (Å²) in [5.41, 5.74) is 0. The molecule has 3 heteroatoms. The third-order valence-electron chi connectivity index (χ3n) is 3.12. The van der Waals surface area contributed by atoms with Crippen molar-refractivity contribution in [1.82, 2.24) is 10.2 Å². The van der Waals surface area contributed by atoms with Gasteiger partial charge in [-0.3, -0.25) is 4.90 Å². The molecule has 1 heterocycles. The Labute approximate surface area is 112 Å². The highest BCUT2D eigenvalue weighted by Gasteiger charge is 2.03. The number of hydrogen-bond acceptors (Lipinski definition) is 3. The van der Waals surface area contributed by atoms with Crippen molar-refractivity contribution in [3.05, 3.63) is 23.7 Å². The monoisotopic (exact) mass is 252 g/mol. The van der Waals surface area contributed by atoms with Crippen molar-refractivity contribution in [2.75, 3.05) is 26.7 Å². The van der Waals surface area contributed by atoms with Gasteiger partial charge in [0.25, 0.3) is 0 Å². The van der Waals surface area contributed by atoms with Gasteiger partial charge in [0, 0.05) is 0 Å². The van der Waals surface area contributed by atoms with Crippen LogP contribution in [0.15, 0.2) is 16.5 Å². The second kappa shape index (κ2) is 9.17. The van der Waals surface area contributed by atoms with Gasteiger partial charge in [-0.1, -0.05) is 19.8 Å². The average Bonchev–Trinajstić information content (AvgIpc) is 2.73. The first kappa shape index (κ1) is 15.3. The maximum absolute atomic E-state index is 5.58. The summed E-state index contributed by atoms with van der Waals surface area (Å²) in [6.07, 6.45) is 5.24. The molecule has 0 aromatic carbocycles. The van der Waals surface area contributed by atoms with Crippen LogP contribution in [0.2, 0.25) is 0 Å². The van der Waals surface area contributed by atoms with E-state index in [1.807, 2.05) is 13.0 Å². The maximum atomic E-state index is 5.58. The van der Waals surface area contributed by atoms with Gasteiger partial charge in [0.05, 0.1) is 6.54 Å². The summed E-state index contributed by atoms with van der Waals surface area (Å²) >= 11 is 0. The first-order valence-corrected chi connectivity index (χ1v) is 7.17. The number of hydrogen-bond donors (Lipinski definition) is 1. The lowest BCUT2D eigenvalue weighted by Crippen LogP contribution is -2.19. The SMILES string of the molecule is CCNCCCCCCN(C)Cc1ccc(C)o1. The van der Waals surface area contributed by atoms with Crippen molar-refractivity contribution in [2.45, 2.75) is 46.1 Å². The molecule has 1 rings (SSSR count).